The lowest BCUT2D eigenvalue weighted by molar-refractivity contribution is -0.145. The molecule has 0 bridgehead atoms. The largest absolute Gasteiger partial charge is 0.496 e. The van der Waals surface area contributed by atoms with Crippen molar-refractivity contribution in [2.45, 2.75) is 91.2 Å². The van der Waals surface area contributed by atoms with Gasteiger partial charge in [0.05, 0.1) is 29.3 Å². The maximum atomic E-state index is 14.3. The number of ether oxygens (including phenoxy) is 1. The van der Waals surface area contributed by atoms with Crippen molar-refractivity contribution in [2.75, 3.05) is 13.7 Å². The normalized spacial score (nSPS) is 20.2. The third kappa shape index (κ3) is 6.98. The van der Waals surface area contributed by atoms with Crippen LogP contribution in [0.1, 0.15) is 65.1 Å². The first kappa shape index (κ1) is 31.5. The number of aliphatic hydroxyl groups is 1. The van der Waals surface area contributed by atoms with E-state index in [1.165, 1.54) is 16.2 Å². The van der Waals surface area contributed by atoms with Gasteiger partial charge >= 0.3 is 0 Å². The summed E-state index contributed by atoms with van der Waals surface area (Å²) in [6.45, 7) is 11.3. The predicted molar refractivity (Wildman–Crippen MR) is 153 cm³/mol. The van der Waals surface area contributed by atoms with Crippen molar-refractivity contribution in [3.8, 4) is 16.2 Å². The molecule has 3 atom stereocenters. The van der Waals surface area contributed by atoms with Gasteiger partial charge in [0.25, 0.3) is 5.91 Å². The Balaban J connectivity index is 0.00000216. The smallest absolute Gasteiger partial charge is 0.258 e. The maximum absolute atomic E-state index is 14.3. The number of alkyl halides is 1. The fraction of sp³-hybridized carbons (Fsp3) is 0.586. The summed E-state index contributed by atoms with van der Waals surface area (Å²) in [7, 11) is 1.56. The van der Waals surface area contributed by atoms with Crippen LogP contribution in [0.25, 0.3) is 10.4 Å². The van der Waals surface area contributed by atoms with E-state index in [0.717, 1.165) is 21.7 Å². The Morgan fingerprint density at radius 3 is 2.50 bits per heavy atom. The van der Waals surface area contributed by atoms with Gasteiger partial charge in [-0.15, -0.1) is 11.3 Å². The van der Waals surface area contributed by atoms with Crippen LogP contribution in [0.2, 0.25) is 0 Å². The zero-order valence-electron chi connectivity index (χ0n) is 24.3. The molecule has 9 nitrogen and oxygen atoms in total. The van der Waals surface area contributed by atoms with Crippen molar-refractivity contribution in [1.82, 2.24) is 20.5 Å². The highest BCUT2D eigenvalue weighted by Crippen LogP contribution is 2.40. The second-order valence-corrected chi connectivity index (χ2v) is 12.0. The SMILES string of the molecule is CC.COc1cc(-c2scnc2C)ccc1CNC(=O)[C@@H]1C[C@@H](O)CN1C(=O)[C@@H](NC(=O)C1(F)CC1)C(C)(C)C. The van der Waals surface area contributed by atoms with Crippen molar-refractivity contribution in [2.24, 2.45) is 5.41 Å². The summed E-state index contributed by atoms with van der Waals surface area (Å²) in [4.78, 5) is 45.8. The Kier molecular flexibility index (Phi) is 9.94. The van der Waals surface area contributed by atoms with Gasteiger partial charge in [0.15, 0.2) is 5.67 Å². The van der Waals surface area contributed by atoms with Gasteiger partial charge in [-0.1, -0.05) is 46.8 Å². The number of carbonyl (C=O) groups is 3. The van der Waals surface area contributed by atoms with Gasteiger partial charge in [-0.25, -0.2) is 9.37 Å². The number of aryl methyl sites for hydroxylation is 1. The minimum atomic E-state index is -1.93. The Morgan fingerprint density at radius 1 is 1.27 bits per heavy atom. The molecular formula is C29H41FN4O5S. The van der Waals surface area contributed by atoms with E-state index in [0.29, 0.717) is 5.75 Å². The molecule has 1 aromatic heterocycles. The lowest BCUT2D eigenvalue weighted by Gasteiger charge is -2.35. The molecular weight excluding hydrogens is 535 g/mol. The number of hydrogen-bond acceptors (Lipinski definition) is 7. The molecule has 2 fully saturated rings. The first-order valence-corrected chi connectivity index (χ1v) is 14.6. The van der Waals surface area contributed by atoms with Crippen LogP contribution in [0, 0.1) is 12.3 Å². The molecule has 40 heavy (non-hydrogen) atoms. The summed E-state index contributed by atoms with van der Waals surface area (Å²) in [5.41, 5.74) is 1.75. The minimum absolute atomic E-state index is 0.0492. The number of carbonyl (C=O) groups excluding carboxylic acids is 3. The summed E-state index contributed by atoms with van der Waals surface area (Å²) in [6.07, 6.45) is -0.564. The van der Waals surface area contributed by atoms with Crippen LogP contribution in [-0.2, 0) is 20.9 Å². The second-order valence-electron chi connectivity index (χ2n) is 11.1. The zero-order chi connectivity index (χ0) is 29.8. The van der Waals surface area contributed by atoms with E-state index in [9.17, 15) is 23.9 Å². The van der Waals surface area contributed by atoms with Crippen molar-refractivity contribution in [1.29, 1.82) is 0 Å². The number of β-amino-alcohol motifs (C(OH)–C–C–N with tert-alkyl or cyclic N) is 1. The standard InChI is InChI=1S/C27H35FN4O5S.C2H6/c1-15-21(38-14-30-15)16-6-7-17(20(10-16)37-5)12-29-23(34)19-11-18(33)13-32(19)24(35)22(26(2,3)4)31-25(36)27(28)8-9-27;1-2/h6-7,10,14,18-19,22,33H,8-9,11-13H2,1-5H3,(H,29,34)(H,31,36);1-2H3/t18-,19+,22-;/m1./s1. The molecule has 0 spiro atoms. The molecule has 1 aliphatic carbocycles. The van der Waals surface area contributed by atoms with Crippen LogP contribution in [0.3, 0.4) is 0 Å². The minimum Gasteiger partial charge on any atom is -0.496 e. The number of hydrogen-bond donors (Lipinski definition) is 3. The highest BCUT2D eigenvalue weighted by molar-refractivity contribution is 7.13. The van der Waals surface area contributed by atoms with Crippen LogP contribution < -0.4 is 15.4 Å². The number of aliphatic hydroxyl groups excluding tert-OH is 1. The van der Waals surface area contributed by atoms with E-state index in [2.05, 4.69) is 15.6 Å². The molecule has 4 rings (SSSR count). The first-order valence-electron chi connectivity index (χ1n) is 13.7. The second kappa shape index (κ2) is 12.6. The van der Waals surface area contributed by atoms with Crippen molar-refractivity contribution < 1.29 is 28.6 Å². The van der Waals surface area contributed by atoms with Crippen molar-refractivity contribution >= 4 is 29.1 Å². The molecule has 1 aromatic carbocycles. The summed E-state index contributed by atoms with van der Waals surface area (Å²) >= 11 is 1.53. The highest BCUT2D eigenvalue weighted by Gasteiger charge is 2.53. The average molecular weight is 577 g/mol. The molecule has 1 aliphatic heterocycles. The number of nitrogens with zero attached hydrogens (tertiary/aromatic N) is 2. The molecule has 0 radical (unpaired) electrons. The Hall–Kier alpha value is -3.05. The summed E-state index contributed by atoms with van der Waals surface area (Å²) in [5, 5.41) is 15.8. The van der Waals surface area contributed by atoms with Gasteiger partial charge in [-0.05, 0) is 36.8 Å². The summed E-state index contributed by atoms with van der Waals surface area (Å²) in [6, 6.07) is 3.73. The van der Waals surface area contributed by atoms with E-state index in [1.807, 2.05) is 39.0 Å². The number of nitrogens with one attached hydrogen (secondary N) is 2. The maximum Gasteiger partial charge on any atom is 0.258 e. The molecule has 2 aromatic rings. The first-order chi connectivity index (χ1) is 18.8. The molecule has 2 aliphatic rings. The topological polar surface area (TPSA) is 121 Å². The van der Waals surface area contributed by atoms with Crippen molar-refractivity contribution in [3.63, 3.8) is 0 Å². The van der Waals surface area contributed by atoms with Gasteiger partial charge in [0.1, 0.15) is 17.8 Å². The number of aromatic nitrogens is 1. The number of methoxy groups -OCH3 is 1. The van der Waals surface area contributed by atoms with Crippen LogP contribution in [0.5, 0.6) is 5.75 Å². The fourth-order valence-electron chi connectivity index (χ4n) is 4.63. The van der Waals surface area contributed by atoms with Gasteiger partial charge in [-0.2, -0.15) is 0 Å². The van der Waals surface area contributed by atoms with Gasteiger partial charge in [-0.3, -0.25) is 14.4 Å². The third-order valence-corrected chi connectivity index (χ3v) is 8.07. The van der Waals surface area contributed by atoms with Crippen LogP contribution in [-0.4, -0.2) is 70.2 Å². The van der Waals surface area contributed by atoms with Gasteiger partial charge in [0, 0.05) is 25.1 Å². The quantitative estimate of drug-likeness (QED) is 0.440. The van der Waals surface area contributed by atoms with E-state index >= 15 is 0 Å². The Morgan fingerprint density at radius 2 is 1.95 bits per heavy atom. The molecule has 1 saturated heterocycles. The van der Waals surface area contributed by atoms with E-state index in [-0.39, 0.29) is 32.4 Å². The monoisotopic (exact) mass is 576 g/mol. The summed E-state index contributed by atoms with van der Waals surface area (Å²) < 4.78 is 19.9. The number of amides is 3. The molecule has 1 saturated carbocycles. The molecule has 2 heterocycles. The van der Waals surface area contributed by atoms with E-state index < -0.39 is 47.0 Å². The van der Waals surface area contributed by atoms with Gasteiger partial charge < -0.3 is 25.4 Å². The molecule has 0 unspecified atom stereocenters. The lowest BCUT2D eigenvalue weighted by atomic mass is 9.85. The van der Waals surface area contributed by atoms with Crippen LogP contribution in [0.15, 0.2) is 23.7 Å². The number of benzene rings is 1. The molecule has 3 N–H and O–H groups in total. The average Bonchev–Trinajstić information content (AvgIpc) is 3.33. The highest BCUT2D eigenvalue weighted by atomic mass is 32.1. The fourth-order valence-corrected chi connectivity index (χ4v) is 5.43. The van der Waals surface area contributed by atoms with Gasteiger partial charge in [0.2, 0.25) is 11.8 Å². The van der Waals surface area contributed by atoms with E-state index in [1.54, 1.807) is 33.4 Å². The van der Waals surface area contributed by atoms with Crippen LogP contribution in [0.4, 0.5) is 4.39 Å². The molecule has 220 valence electrons. The summed E-state index contributed by atoms with van der Waals surface area (Å²) in [5.74, 6) is -1.16. The number of likely N-dealkylation sites (tertiary alicyclic amines) is 1. The Labute approximate surface area is 239 Å². The number of rotatable bonds is 8. The van der Waals surface area contributed by atoms with Crippen molar-refractivity contribution in [3.05, 3.63) is 35.0 Å². The van der Waals surface area contributed by atoms with E-state index in [4.69, 9.17) is 4.74 Å². The molecule has 3 amide bonds. The lowest BCUT2D eigenvalue weighted by Crippen LogP contribution is -2.59. The molecule has 11 heteroatoms. The number of thiazole rings is 1. The Bertz CT molecular complexity index is 1220. The number of halogens is 1. The zero-order valence-corrected chi connectivity index (χ0v) is 25.2. The van der Waals surface area contributed by atoms with Crippen LogP contribution >= 0.6 is 11.3 Å². The third-order valence-electron chi connectivity index (χ3n) is 7.10. The predicted octanol–water partition coefficient (Wildman–Crippen LogP) is 3.76.